The predicted molar refractivity (Wildman–Crippen MR) is 160 cm³/mol. The zero-order valence-corrected chi connectivity index (χ0v) is 25.2. The molecule has 0 bridgehead atoms. The summed E-state index contributed by atoms with van der Waals surface area (Å²) in [6.07, 6.45) is 4.92. The number of carbonyl (C=O) groups is 2. The molecule has 0 aliphatic heterocycles. The highest BCUT2D eigenvalue weighted by atomic mass is 35.5. The van der Waals surface area contributed by atoms with Crippen LogP contribution < -0.4 is 14.4 Å². The van der Waals surface area contributed by atoms with Gasteiger partial charge in [-0.25, -0.2) is 12.8 Å². The average Bonchev–Trinajstić information content (AvgIpc) is 3.00. The number of hydrogen-bond acceptors (Lipinski definition) is 5. The summed E-state index contributed by atoms with van der Waals surface area (Å²) >= 11 is 6.42. The molecule has 0 aromatic heterocycles. The number of sulfonamides is 1. The Morgan fingerprint density at radius 2 is 1.64 bits per heavy atom. The molecular formula is C31H35ClFN3O5S. The first-order chi connectivity index (χ1) is 20.1. The van der Waals surface area contributed by atoms with E-state index in [2.05, 4.69) is 5.32 Å². The minimum atomic E-state index is -4.29. The van der Waals surface area contributed by atoms with Gasteiger partial charge in [-0.2, -0.15) is 0 Å². The molecule has 0 radical (unpaired) electrons. The molecule has 1 N–H and O–H groups in total. The van der Waals surface area contributed by atoms with Crippen molar-refractivity contribution in [2.75, 3.05) is 18.0 Å². The van der Waals surface area contributed by atoms with Crippen LogP contribution in [0.15, 0.2) is 77.7 Å². The average molecular weight is 616 g/mol. The lowest BCUT2D eigenvalue weighted by Gasteiger charge is -2.33. The summed E-state index contributed by atoms with van der Waals surface area (Å²) < 4.78 is 47.6. The fourth-order valence-corrected chi connectivity index (χ4v) is 6.58. The Labute approximate surface area is 251 Å². The van der Waals surface area contributed by atoms with Gasteiger partial charge in [-0.05, 0) is 79.9 Å². The molecule has 1 saturated carbocycles. The fourth-order valence-electron chi connectivity index (χ4n) is 4.97. The van der Waals surface area contributed by atoms with Crippen LogP contribution in [0.25, 0.3) is 0 Å². The molecule has 4 rings (SSSR count). The molecule has 0 spiro atoms. The van der Waals surface area contributed by atoms with Gasteiger partial charge in [0.15, 0.2) is 0 Å². The monoisotopic (exact) mass is 615 g/mol. The van der Waals surface area contributed by atoms with Crippen LogP contribution in [0, 0.1) is 5.82 Å². The lowest BCUT2D eigenvalue weighted by atomic mass is 9.95. The molecule has 0 unspecified atom stereocenters. The number of anilines is 1. The van der Waals surface area contributed by atoms with Crippen molar-refractivity contribution >= 4 is 39.1 Å². The second kappa shape index (κ2) is 14.0. The normalized spacial score (nSPS) is 14.6. The van der Waals surface area contributed by atoms with Gasteiger partial charge in [-0.1, -0.05) is 49.1 Å². The van der Waals surface area contributed by atoms with Gasteiger partial charge in [0.25, 0.3) is 10.0 Å². The topological polar surface area (TPSA) is 96.0 Å². The van der Waals surface area contributed by atoms with Crippen molar-refractivity contribution in [1.82, 2.24) is 10.2 Å². The number of methoxy groups -OCH3 is 1. The van der Waals surface area contributed by atoms with Crippen molar-refractivity contribution in [2.45, 2.75) is 62.6 Å². The van der Waals surface area contributed by atoms with Gasteiger partial charge < -0.3 is 15.0 Å². The van der Waals surface area contributed by atoms with Gasteiger partial charge >= 0.3 is 0 Å². The van der Waals surface area contributed by atoms with E-state index in [-0.39, 0.29) is 29.1 Å². The van der Waals surface area contributed by atoms with Crippen molar-refractivity contribution in [3.05, 3.63) is 89.2 Å². The molecular weight excluding hydrogens is 581 g/mol. The number of amides is 2. The number of nitrogens with one attached hydrogen (secondary N) is 1. The van der Waals surface area contributed by atoms with Gasteiger partial charge in [0, 0.05) is 17.6 Å². The highest BCUT2D eigenvalue weighted by Gasteiger charge is 2.33. The third-order valence-electron chi connectivity index (χ3n) is 7.46. The van der Waals surface area contributed by atoms with E-state index in [4.69, 9.17) is 16.3 Å². The van der Waals surface area contributed by atoms with Crippen molar-refractivity contribution in [3.63, 3.8) is 0 Å². The first kappa shape index (κ1) is 31.3. The SMILES string of the molecule is COc1ccc(S(=O)(=O)N(CC(=O)N(Cc2ccccc2Cl)[C@@H](C)C(=O)NC2CCCCC2)c2ccc(F)cc2)cc1. The first-order valence-corrected chi connectivity index (χ1v) is 15.7. The molecule has 1 aliphatic rings. The summed E-state index contributed by atoms with van der Waals surface area (Å²) in [7, 11) is -2.82. The Hall–Kier alpha value is -3.63. The minimum Gasteiger partial charge on any atom is -0.497 e. The largest absolute Gasteiger partial charge is 0.497 e. The molecule has 224 valence electrons. The molecule has 2 amide bonds. The van der Waals surface area contributed by atoms with E-state index < -0.39 is 34.3 Å². The Bertz CT molecular complexity index is 1480. The third kappa shape index (κ3) is 7.60. The maximum Gasteiger partial charge on any atom is 0.264 e. The van der Waals surface area contributed by atoms with E-state index >= 15 is 0 Å². The van der Waals surface area contributed by atoms with Gasteiger partial charge in [0.1, 0.15) is 24.2 Å². The Morgan fingerprint density at radius 3 is 2.26 bits per heavy atom. The van der Waals surface area contributed by atoms with Crippen molar-refractivity contribution in [1.29, 1.82) is 0 Å². The van der Waals surface area contributed by atoms with Gasteiger partial charge in [0.2, 0.25) is 11.8 Å². The summed E-state index contributed by atoms with van der Waals surface area (Å²) in [6.45, 7) is 0.968. The molecule has 11 heteroatoms. The number of ether oxygens (including phenoxy) is 1. The molecule has 3 aromatic rings. The Morgan fingerprint density at radius 1 is 1.00 bits per heavy atom. The summed E-state index contributed by atoms with van der Waals surface area (Å²) in [5.74, 6) is -1.04. The number of carbonyl (C=O) groups excluding carboxylic acids is 2. The lowest BCUT2D eigenvalue weighted by molar-refractivity contribution is -0.139. The Balaban J connectivity index is 1.68. The standard InChI is InChI=1S/C31H35ClFN3O5S/c1-22(31(38)34-25-9-4-3-5-10-25)35(20-23-8-6-7-11-29(23)32)30(37)21-36(26-14-12-24(33)13-15-26)42(39,40)28-18-16-27(41-2)17-19-28/h6-8,11-19,22,25H,3-5,9-10,20-21H2,1-2H3,(H,34,38)/t22-/m0/s1. The second-order valence-corrected chi connectivity index (χ2v) is 12.6. The van der Waals surface area contributed by atoms with Crippen LogP contribution in [0.3, 0.4) is 0 Å². The van der Waals surface area contributed by atoms with Crippen molar-refractivity contribution < 1.29 is 27.1 Å². The maximum absolute atomic E-state index is 14.0. The summed E-state index contributed by atoms with van der Waals surface area (Å²) in [5, 5.41) is 3.47. The zero-order valence-electron chi connectivity index (χ0n) is 23.6. The lowest BCUT2D eigenvalue weighted by Crippen LogP contribution is -2.53. The number of rotatable bonds is 11. The van der Waals surface area contributed by atoms with Crippen LogP contribution in [0.1, 0.15) is 44.6 Å². The molecule has 0 heterocycles. The molecule has 42 heavy (non-hydrogen) atoms. The number of benzene rings is 3. The van der Waals surface area contributed by atoms with E-state index in [0.717, 1.165) is 48.5 Å². The van der Waals surface area contributed by atoms with Crippen LogP contribution in [-0.4, -0.2) is 50.9 Å². The Kier molecular flexibility index (Phi) is 10.5. The zero-order chi connectivity index (χ0) is 30.3. The van der Waals surface area contributed by atoms with Crippen molar-refractivity contribution in [3.8, 4) is 5.75 Å². The van der Waals surface area contributed by atoms with Crippen LogP contribution in [0.2, 0.25) is 5.02 Å². The van der Waals surface area contributed by atoms with Gasteiger partial charge in [0.05, 0.1) is 17.7 Å². The maximum atomic E-state index is 14.0. The quantitative estimate of drug-likeness (QED) is 0.305. The van der Waals surface area contributed by atoms with E-state index in [1.807, 2.05) is 0 Å². The predicted octanol–water partition coefficient (Wildman–Crippen LogP) is 5.55. The van der Waals surface area contributed by atoms with Crippen LogP contribution in [-0.2, 0) is 26.2 Å². The first-order valence-electron chi connectivity index (χ1n) is 13.9. The smallest absolute Gasteiger partial charge is 0.264 e. The second-order valence-electron chi connectivity index (χ2n) is 10.3. The third-order valence-corrected chi connectivity index (χ3v) is 9.62. The number of nitrogens with zero attached hydrogens (tertiary/aromatic N) is 2. The van der Waals surface area contributed by atoms with Crippen molar-refractivity contribution in [2.24, 2.45) is 0 Å². The van der Waals surface area contributed by atoms with Crippen LogP contribution in [0.5, 0.6) is 5.75 Å². The van der Waals surface area contributed by atoms with Gasteiger partial charge in [-0.3, -0.25) is 13.9 Å². The molecule has 3 aromatic carbocycles. The highest BCUT2D eigenvalue weighted by molar-refractivity contribution is 7.92. The molecule has 1 aliphatic carbocycles. The van der Waals surface area contributed by atoms with Gasteiger partial charge in [-0.15, -0.1) is 0 Å². The van der Waals surface area contributed by atoms with Crippen LogP contribution in [0.4, 0.5) is 10.1 Å². The molecule has 1 fully saturated rings. The minimum absolute atomic E-state index is 0.0163. The summed E-state index contributed by atoms with van der Waals surface area (Å²) in [5.41, 5.74) is 0.703. The van der Waals surface area contributed by atoms with Crippen LogP contribution >= 0.6 is 11.6 Å². The summed E-state index contributed by atoms with van der Waals surface area (Å²) in [4.78, 5) is 28.7. The fraction of sp³-hybridized carbons (Fsp3) is 0.355. The van der Waals surface area contributed by atoms with E-state index in [1.54, 1.807) is 31.2 Å². The molecule has 1 atom stereocenters. The number of hydrogen-bond donors (Lipinski definition) is 1. The molecule has 8 nitrogen and oxygen atoms in total. The van der Waals surface area contributed by atoms with E-state index in [1.165, 1.54) is 48.4 Å². The number of halogens is 2. The molecule has 0 saturated heterocycles. The highest BCUT2D eigenvalue weighted by Crippen LogP contribution is 2.27. The van der Waals surface area contributed by atoms with E-state index in [9.17, 15) is 22.4 Å². The summed E-state index contributed by atoms with van der Waals surface area (Å²) in [6, 6.07) is 16.6. The van der Waals surface area contributed by atoms with E-state index in [0.29, 0.717) is 16.3 Å².